The first-order valence-corrected chi connectivity index (χ1v) is 9.84. The number of benzene rings is 3. The summed E-state index contributed by atoms with van der Waals surface area (Å²) in [6, 6.07) is 20.8. The van der Waals surface area contributed by atoms with Gasteiger partial charge >= 0.3 is 0 Å². The van der Waals surface area contributed by atoms with Crippen molar-refractivity contribution in [2.24, 2.45) is 0 Å². The predicted octanol–water partition coefficient (Wildman–Crippen LogP) is 7.84. The lowest BCUT2D eigenvalue weighted by Crippen LogP contribution is -2.00. The molecule has 27 heavy (non-hydrogen) atoms. The van der Waals surface area contributed by atoms with Crippen LogP contribution in [0.1, 0.15) is 18.4 Å². The van der Waals surface area contributed by atoms with E-state index in [4.69, 9.17) is 44.3 Å². The standard InChI is InChI=1S/C22H19Cl3O2/c23-17-9-11-20(19(25)14-17)27-21-12-10-18(24)15-22(21)26-13-5-4-8-16-6-2-1-3-7-16/h1-3,6-7,9-12,14-15H,4-5,8,13H2. The summed E-state index contributed by atoms with van der Waals surface area (Å²) in [7, 11) is 0. The van der Waals surface area contributed by atoms with E-state index in [1.54, 1.807) is 36.4 Å². The number of unbranched alkanes of at least 4 members (excludes halogenated alkanes) is 1. The maximum absolute atomic E-state index is 6.19. The largest absolute Gasteiger partial charge is 0.490 e. The molecule has 0 bridgehead atoms. The van der Waals surface area contributed by atoms with Crippen LogP contribution in [0.25, 0.3) is 0 Å². The van der Waals surface area contributed by atoms with E-state index in [9.17, 15) is 0 Å². The van der Waals surface area contributed by atoms with Gasteiger partial charge in [0.05, 0.1) is 11.6 Å². The average molecular weight is 422 g/mol. The summed E-state index contributed by atoms with van der Waals surface area (Å²) in [5.74, 6) is 1.66. The first-order valence-electron chi connectivity index (χ1n) is 8.71. The SMILES string of the molecule is Clc1ccc(Oc2ccc(Cl)cc2OCCCCc2ccccc2)c(Cl)c1. The molecule has 5 heteroatoms. The van der Waals surface area contributed by atoms with Crippen molar-refractivity contribution in [2.75, 3.05) is 6.61 Å². The third-order valence-electron chi connectivity index (χ3n) is 3.98. The van der Waals surface area contributed by atoms with Gasteiger partial charge in [0, 0.05) is 16.1 Å². The van der Waals surface area contributed by atoms with Crippen molar-refractivity contribution in [2.45, 2.75) is 19.3 Å². The number of hydrogen-bond donors (Lipinski definition) is 0. The van der Waals surface area contributed by atoms with Crippen molar-refractivity contribution in [1.82, 2.24) is 0 Å². The smallest absolute Gasteiger partial charge is 0.169 e. The van der Waals surface area contributed by atoms with Crippen LogP contribution in [-0.4, -0.2) is 6.61 Å². The second-order valence-electron chi connectivity index (χ2n) is 6.06. The van der Waals surface area contributed by atoms with Gasteiger partial charge in [0.15, 0.2) is 11.5 Å². The van der Waals surface area contributed by atoms with Crippen LogP contribution in [0.2, 0.25) is 15.1 Å². The summed E-state index contributed by atoms with van der Waals surface area (Å²) in [5, 5.41) is 1.58. The van der Waals surface area contributed by atoms with Crippen molar-refractivity contribution >= 4 is 34.8 Å². The molecule has 0 spiro atoms. The molecule has 0 aromatic heterocycles. The highest BCUT2D eigenvalue weighted by molar-refractivity contribution is 6.35. The van der Waals surface area contributed by atoms with E-state index in [0.717, 1.165) is 19.3 Å². The molecule has 2 nitrogen and oxygen atoms in total. The van der Waals surface area contributed by atoms with Gasteiger partial charge in [-0.15, -0.1) is 0 Å². The molecule has 0 fully saturated rings. The maximum Gasteiger partial charge on any atom is 0.169 e. The van der Waals surface area contributed by atoms with Crippen molar-refractivity contribution in [3.8, 4) is 17.2 Å². The molecule has 0 unspecified atom stereocenters. The number of aryl methyl sites for hydroxylation is 1. The fourth-order valence-corrected chi connectivity index (χ4v) is 3.22. The first-order chi connectivity index (χ1) is 13.1. The Kier molecular flexibility index (Phi) is 7.28. The van der Waals surface area contributed by atoms with Gasteiger partial charge < -0.3 is 9.47 Å². The van der Waals surface area contributed by atoms with Crippen LogP contribution in [0, 0.1) is 0 Å². The van der Waals surface area contributed by atoms with Gasteiger partial charge in [-0.1, -0.05) is 65.1 Å². The van der Waals surface area contributed by atoms with Crippen LogP contribution in [-0.2, 0) is 6.42 Å². The zero-order valence-corrected chi connectivity index (χ0v) is 16.9. The topological polar surface area (TPSA) is 18.5 Å². The molecule has 3 aromatic carbocycles. The summed E-state index contributed by atoms with van der Waals surface area (Å²) >= 11 is 18.2. The summed E-state index contributed by atoms with van der Waals surface area (Å²) in [6.07, 6.45) is 3.01. The molecule has 3 rings (SSSR count). The maximum atomic E-state index is 6.19. The number of halogens is 3. The third-order valence-corrected chi connectivity index (χ3v) is 4.75. The molecule has 140 valence electrons. The summed E-state index contributed by atoms with van der Waals surface area (Å²) < 4.78 is 11.8. The zero-order chi connectivity index (χ0) is 19.1. The van der Waals surface area contributed by atoms with E-state index in [-0.39, 0.29) is 0 Å². The van der Waals surface area contributed by atoms with Crippen LogP contribution < -0.4 is 9.47 Å². The van der Waals surface area contributed by atoms with E-state index in [1.807, 2.05) is 6.07 Å². The Labute approximate surface area is 174 Å². The predicted molar refractivity (Wildman–Crippen MR) is 113 cm³/mol. The van der Waals surface area contributed by atoms with Gasteiger partial charge in [-0.2, -0.15) is 0 Å². The van der Waals surface area contributed by atoms with Crippen LogP contribution in [0.5, 0.6) is 17.2 Å². The fraction of sp³-hybridized carbons (Fsp3) is 0.182. The highest BCUT2D eigenvalue weighted by Gasteiger charge is 2.10. The van der Waals surface area contributed by atoms with Crippen LogP contribution >= 0.6 is 34.8 Å². The molecule has 0 saturated carbocycles. The summed E-state index contributed by atoms with van der Waals surface area (Å²) in [4.78, 5) is 0. The van der Waals surface area contributed by atoms with E-state index in [2.05, 4.69) is 24.3 Å². The monoisotopic (exact) mass is 420 g/mol. The summed E-state index contributed by atoms with van der Waals surface area (Å²) in [5.41, 5.74) is 1.33. The van der Waals surface area contributed by atoms with Crippen molar-refractivity contribution < 1.29 is 9.47 Å². The molecule has 0 aliphatic heterocycles. The highest BCUT2D eigenvalue weighted by Crippen LogP contribution is 2.37. The van der Waals surface area contributed by atoms with Crippen molar-refractivity contribution in [1.29, 1.82) is 0 Å². The first kappa shape index (κ1) is 19.9. The van der Waals surface area contributed by atoms with Crippen molar-refractivity contribution in [3.05, 3.63) is 87.4 Å². The molecule has 0 amide bonds. The molecule has 3 aromatic rings. The lowest BCUT2D eigenvalue weighted by atomic mass is 10.1. The molecule has 0 radical (unpaired) electrons. The molecule has 0 aliphatic rings. The van der Waals surface area contributed by atoms with Gasteiger partial charge in [-0.3, -0.25) is 0 Å². The Balaban J connectivity index is 1.58. The highest BCUT2D eigenvalue weighted by atomic mass is 35.5. The fourth-order valence-electron chi connectivity index (χ4n) is 2.61. The quantitative estimate of drug-likeness (QED) is 0.345. The van der Waals surface area contributed by atoms with Crippen molar-refractivity contribution in [3.63, 3.8) is 0 Å². The van der Waals surface area contributed by atoms with Gasteiger partial charge in [-0.25, -0.2) is 0 Å². The van der Waals surface area contributed by atoms with Gasteiger partial charge in [-0.05, 0) is 55.2 Å². The Morgan fingerprint density at radius 2 is 1.37 bits per heavy atom. The van der Waals surface area contributed by atoms with Gasteiger partial charge in [0.1, 0.15) is 5.75 Å². The molecule has 0 saturated heterocycles. The Hall–Kier alpha value is -1.87. The molecular formula is C22H19Cl3O2. The second-order valence-corrected chi connectivity index (χ2v) is 7.34. The van der Waals surface area contributed by atoms with E-state index < -0.39 is 0 Å². The van der Waals surface area contributed by atoms with E-state index in [1.165, 1.54) is 5.56 Å². The number of ether oxygens (including phenoxy) is 2. The van der Waals surface area contributed by atoms with Crippen LogP contribution in [0.4, 0.5) is 0 Å². The minimum atomic E-state index is 0.436. The minimum absolute atomic E-state index is 0.436. The Bertz CT molecular complexity index is 882. The molecule has 0 atom stereocenters. The Morgan fingerprint density at radius 3 is 2.11 bits per heavy atom. The molecular weight excluding hydrogens is 403 g/mol. The van der Waals surface area contributed by atoms with Gasteiger partial charge in [0.2, 0.25) is 0 Å². The van der Waals surface area contributed by atoms with Crippen LogP contribution in [0.3, 0.4) is 0 Å². The van der Waals surface area contributed by atoms with Gasteiger partial charge in [0.25, 0.3) is 0 Å². The number of hydrogen-bond acceptors (Lipinski definition) is 2. The summed E-state index contributed by atoms with van der Waals surface area (Å²) in [6.45, 7) is 0.581. The Morgan fingerprint density at radius 1 is 0.667 bits per heavy atom. The van der Waals surface area contributed by atoms with E-state index in [0.29, 0.717) is 38.9 Å². The lowest BCUT2D eigenvalue weighted by Gasteiger charge is -2.14. The molecule has 0 heterocycles. The second kappa shape index (κ2) is 9.89. The third kappa shape index (κ3) is 6.07. The zero-order valence-electron chi connectivity index (χ0n) is 14.6. The lowest BCUT2D eigenvalue weighted by molar-refractivity contribution is 0.293. The van der Waals surface area contributed by atoms with Crippen LogP contribution in [0.15, 0.2) is 66.7 Å². The minimum Gasteiger partial charge on any atom is -0.490 e. The normalized spacial score (nSPS) is 10.6. The van der Waals surface area contributed by atoms with E-state index >= 15 is 0 Å². The molecule has 0 N–H and O–H groups in total. The average Bonchev–Trinajstić information content (AvgIpc) is 2.66. The number of rotatable bonds is 8. The molecule has 0 aliphatic carbocycles.